The highest BCUT2D eigenvalue weighted by Crippen LogP contribution is 2.33. The topological polar surface area (TPSA) is 108 Å². The first-order valence-corrected chi connectivity index (χ1v) is 12.4. The van der Waals surface area contributed by atoms with E-state index in [4.69, 9.17) is 16.3 Å². The largest absolute Gasteiger partial charge is 0.444 e. The SMILES string of the molecule is CC(C)(C)OC(=O)N[C@H](C(=O)N1C[C@H](O)C[C@H]1c1ncc(CCc2ccc(Cl)cc2)[nH]1)C(C)(C)C. The van der Waals surface area contributed by atoms with Gasteiger partial charge in [-0.25, -0.2) is 9.78 Å². The van der Waals surface area contributed by atoms with E-state index in [-0.39, 0.29) is 12.5 Å². The third-order valence-corrected chi connectivity index (χ3v) is 6.15. The number of carbonyl (C=O) groups is 2. The Morgan fingerprint density at radius 2 is 1.86 bits per heavy atom. The fourth-order valence-corrected chi connectivity index (χ4v) is 4.29. The lowest BCUT2D eigenvalue weighted by molar-refractivity contribution is -0.137. The number of amides is 2. The van der Waals surface area contributed by atoms with Crippen molar-refractivity contribution in [3.8, 4) is 0 Å². The molecule has 3 N–H and O–H groups in total. The third-order valence-electron chi connectivity index (χ3n) is 5.90. The number of aromatic amines is 1. The second kappa shape index (κ2) is 10.6. The fourth-order valence-electron chi connectivity index (χ4n) is 4.16. The van der Waals surface area contributed by atoms with Crippen LogP contribution in [0.15, 0.2) is 30.5 Å². The van der Waals surface area contributed by atoms with Crippen molar-refractivity contribution in [2.24, 2.45) is 5.41 Å². The van der Waals surface area contributed by atoms with E-state index in [2.05, 4.69) is 15.3 Å². The molecule has 9 heteroatoms. The molecule has 0 spiro atoms. The van der Waals surface area contributed by atoms with Crippen LogP contribution in [-0.2, 0) is 22.4 Å². The summed E-state index contributed by atoms with van der Waals surface area (Å²) in [6.45, 7) is 11.1. The monoisotopic (exact) mass is 504 g/mol. The lowest BCUT2D eigenvalue weighted by Gasteiger charge is -2.35. The Morgan fingerprint density at radius 3 is 2.46 bits per heavy atom. The molecule has 1 aliphatic rings. The molecule has 0 unspecified atom stereocenters. The first-order chi connectivity index (χ1) is 16.2. The van der Waals surface area contributed by atoms with Gasteiger partial charge >= 0.3 is 6.09 Å². The van der Waals surface area contributed by atoms with Crippen molar-refractivity contribution < 1.29 is 19.4 Å². The summed E-state index contributed by atoms with van der Waals surface area (Å²) in [6, 6.07) is 6.50. The number of nitrogens with one attached hydrogen (secondary N) is 2. The number of rotatable bonds is 6. The second-order valence-corrected chi connectivity index (χ2v) is 11.7. The lowest BCUT2D eigenvalue weighted by atomic mass is 9.85. The van der Waals surface area contributed by atoms with Crippen molar-refractivity contribution in [2.45, 2.75) is 84.6 Å². The maximum absolute atomic E-state index is 13.7. The lowest BCUT2D eigenvalue weighted by Crippen LogP contribution is -2.55. The molecule has 0 bridgehead atoms. The maximum Gasteiger partial charge on any atom is 0.408 e. The first kappa shape index (κ1) is 27.0. The molecular weight excluding hydrogens is 468 g/mol. The van der Waals surface area contributed by atoms with Gasteiger partial charge in [-0.1, -0.05) is 44.5 Å². The summed E-state index contributed by atoms with van der Waals surface area (Å²) in [4.78, 5) is 35.6. The van der Waals surface area contributed by atoms with E-state index >= 15 is 0 Å². The summed E-state index contributed by atoms with van der Waals surface area (Å²) in [5.74, 6) is 0.356. The van der Waals surface area contributed by atoms with Crippen LogP contribution in [0, 0.1) is 5.41 Å². The zero-order chi connectivity index (χ0) is 26.0. The van der Waals surface area contributed by atoms with Crippen LogP contribution >= 0.6 is 11.6 Å². The van der Waals surface area contributed by atoms with Crippen LogP contribution in [0.2, 0.25) is 5.02 Å². The number of ether oxygens (including phenoxy) is 1. The van der Waals surface area contributed by atoms with Crippen LogP contribution in [0.5, 0.6) is 0 Å². The van der Waals surface area contributed by atoms with Crippen molar-refractivity contribution in [1.82, 2.24) is 20.2 Å². The highest BCUT2D eigenvalue weighted by Gasteiger charge is 2.43. The van der Waals surface area contributed by atoms with Crippen molar-refractivity contribution in [2.75, 3.05) is 6.54 Å². The van der Waals surface area contributed by atoms with Crippen LogP contribution in [-0.4, -0.2) is 56.3 Å². The third kappa shape index (κ3) is 7.45. The van der Waals surface area contributed by atoms with E-state index in [1.807, 2.05) is 45.0 Å². The van der Waals surface area contributed by atoms with Crippen LogP contribution in [0.1, 0.15) is 71.1 Å². The molecule has 2 aromatic rings. The fraction of sp³-hybridized carbons (Fsp3) is 0.577. The van der Waals surface area contributed by atoms with Gasteiger partial charge in [-0.2, -0.15) is 0 Å². The average molecular weight is 505 g/mol. The van der Waals surface area contributed by atoms with Gasteiger partial charge in [0.25, 0.3) is 0 Å². The predicted molar refractivity (Wildman–Crippen MR) is 135 cm³/mol. The number of carbonyl (C=O) groups excluding carboxylic acids is 2. The Kier molecular flexibility index (Phi) is 8.17. The molecule has 1 fully saturated rings. The van der Waals surface area contributed by atoms with E-state index in [1.165, 1.54) is 5.56 Å². The summed E-state index contributed by atoms with van der Waals surface area (Å²) in [7, 11) is 0. The number of H-pyrrole nitrogens is 1. The van der Waals surface area contributed by atoms with Gasteiger partial charge in [0.2, 0.25) is 5.91 Å². The Labute approximate surface area is 212 Å². The minimum Gasteiger partial charge on any atom is -0.444 e. The maximum atomic E-state index is 13.7. The molecule has 8 nitrogen and oxygen atoms in total. The summed E-state index contributed by atoms with van der Waals surface area (Å²) in [5, 5.41) is 13.9. The van der Waals surface area contributed by atoms with E-state index in [9.17, 15) is 14.7 Å². The molecule has 0 radical (unpaired) electrons. The Hall–Kier alpha value is -2.58. The number of aryl methyl sites for hydroxylation is 2. The molecule has 2 amide bonds. The minimum absolute atomic E-state index is 0.173. The number of aliphatic hydroxyl groups excluding tert-OH is 1. The standard InChI is InChI=1S/C26H37ClN4O4/c1-25(2,3)21(30-24(34)35-26(4,5)6)23(33)31-15-19(32)13-20(31)22-28-14-18(29-22)12-9-16-7-10-17(27)11-8-16/h7-8,10-11,14,19-21,32H,9,12-13,15H2,1-6H3,(H,28,29)(H,30,34)/t19-,20+,21-/m1/s1. The molecular formula is C26H37ClN4O4. The van der Waals surface area contributed by atoms with E-state index in [0.717, 1.165) is 18.5 Å². The van der Waals surface area contributed by atoms with Crippen LogP contribution in [0.25, 0.3) is 0 Å². The number of imidazole rings is 1. The number of hydrogen-bond donors (Lipinski definition) is 3. The van der Waals surface area contributed by atoms with Crippen LogP contribution < -0.4 is 5.32 Å². The van der Waals surface area contributed by atoms with E-state index in [1.54, 1.807) is 31.9 Å². The Bertz CT molecular complexity index is 1020. The highest BCUT2D eigenvalue weighted by molar-refractivity contribution is 6.30. The van der Waals surface area contributed by atoms with Crippen molar-refractivity contribution in [3.05, 3.63) is 52.6 Å². The van der Waals surface area contributed by atoms with Gasteiger partial charge in [-0.3, -0.25) is 4.79 Å². The van der Waals surface area contributed by atoms with Gasteiger partial charge in [0.1, 0.15) is 17.5 Å². The second-order valence-electron chi connectivity index (χ2n) is 11.3. The summed E-state index contributed by atoms with van der Waals surface area (Å²) in [5.41, 5.74) is 0.861. The molecule has 2 heterocycles. The number of β-amino-alcohol motifs (C(OH)–C–C–N with tert-alkyl or cyclic N) is 1. The van der Waals surface area contributed by atoms with Crippen LogP contribution in [0.3, 0.4) is 0 Å². The van der Waals surface area contributed by atoms with E-state index in [0.29, 0.717) is 17.3 Å². The summed E-state index contributed by atoms with van der Waals surface area (Å²) in [6.07, 6.45) is 2.40. The summed E-state index contributed by atoms with van der Waals surface area (Å²) < 4.78 is 5.39. The normalized spacial score (nSPS) is 19.5. The first-order valence-electron chi connectivity index (χ1n) is 12.0. The highest BCUT2D eigenvalue weighted by atomic mass is 35.5. The molecule has 3 rings (SSSR count). The number of halogens is 1. The molecule has 0 aliphatic carbocycles. The van der Waals surface area contributed by atoms with Gasteiger partial charge in [-0.05, 0) is 56.7 Å². The Balaban J connectivity index is 1.74. The molecule has 1 aromatic carbocycles. The van der Waals surface area contributed by atoms with Crippen LogP contribution in [0.4, 0.5) is 4.79 Å². The number of aromatic nitrogens is 2. The van der Waals surface area contributed by atoms with Crippen molar-refractivity contribution in [3.63, 3.8) is 0 Å². The average Bonchev–Trinajstić information content (AvgIpc) is 3.35. The molecule has 192 valence electrons. The molecule has 1 aromatic heterocycles. The van der Waals surface area contributed by atoms with E-state index < -0.39 is 35.3 Å². The quantitative estimate of drug-likeness (QED) is 0.539. The zero-order valence-electron chi connectivity index (χ0n) is 21.4. The van der Waals surface area contributed by atoms with Crippen molar-refractivity contribution in [1.29, 1.82) is 0 Å². The van der Waals surface area contributed by atoms with Crippen molar-refractivity contribution >= 4 is 23.6 Å². The minimum atomic E-state index is -0.829. The molecule has 0 saturated carbocycles. The van der Waals surface area contributed by atoms with Gasteiger partial charge in [0, 0.05) is 29.9 Å². The zero-order valence-corrected chi connectivity index (χ0v) is 22.1. The number of aliphatic hydroxyl groups is 1. The number of nitrogens with zero attached hydrogens (tertiary/aromatic N) is 2. The van der Waals surface area contributed by atoms with Gasteiger partial charge in [-0.15, -0.1) is 0 Å². The number of hydrogen-bond acceptors (Lipinski definition) is 5. The molecule has 35 heavy (non-hydrogen) atoms. The smallest absolute Gasteiger partial charge is 0.408 e. The van der Waals surface area contributed by atoms with Gasteiger partial charge < -0.3 is 25.0 Å². The molecule has 1 aliphatic heterocycles. The number of alkyl carbamates (subject to hydrolysis) is 1. The van der Waals surface area contributed by atoms with Gasteiger partial charge in [0.15, 0.2) is 0 Å². The summed E-state index contributed by atoms with van der Waals surface area (Å²) >= 11 is 5.96. The molecule has 1 saturated heterocycles. The number of benzene rings is 1. The predicted octanol–water partition coefficient (Wildman–Crippen LogP) is 4.42. The number of likely N-dealkylation sites (tertiary alicyclic amines) is 1. The molecule has 3 atom stereocenters. The Morgan fingerprint density at radius 1 is 1.20 bits per heavy atom. The van der Waals surface area contributed by atoms with Gasteiger partial charge in [0.05, 0.1) is 12.1 Å².